The maximum atomic E-state index is 13.4. The highest BCUT2D eigenvalue weighted by Gasteiger charge is 2.55. The van der Waals surface area contributed by atoms with Crippen molar-refractivity contribution in [2.75, 3.05) is 13.2 Å². The van der Waals surface area contributed by atoms with E-state index in [0.29, 0.717) is 0 Å². The van der Waals surface area contributed by atoms with Crippen LogP contribution in [-0.2, 0) is 4.74 Å². The van der Waals surface area contributed by atoms with E-state index in [9.17, 15) is 24.5 Å². The number of terminal acetylenes is 1. The molecular weight excluding hydrogens is 303 g/mol. The Bertz CT molecular complexity index is 696. The van der Waals surface area contributed by atoms with Crippen LogP contribution in [0.2, 0.25) is 0 Å². The van der Waals surface area contributed by atoms with Gasteiger partial charge in [-0.1, -0.05) is 5.92 Å². The van der Waals surface area contributed by atoms with E-state index in [4.69, 9.17) is 23.4 Å². The Labute approximate surface area is 123 Å². The molecule has 4 N–H and O–H groups in total. The topological polar surface area (TPSA) is 108 Å². The Hall–Kier alpha value is -1.57. The number of hydrogen-bond donors (Lipinski definition) is 4. The van der Waals surface area contributed by atoms with E-state index in [1.807, 2.05) is 0 Å². The van der Waals surface area contributed by atoms with E-state index < -0.39 is 48.4 Å². The van der Waals surface area contributed by atoms with Gasteiger partial charge in [-0.05, 0) is 12.2 Å². The number of aliphatic hydroxyl groups is 3. The van der Waals surface area contributed by atoms with E-state index >= 15 is 0 Å². The Morgan fingerprint density at radius 1 is 1.57 bits per heavy atom. The van der Waals surface area contributed by atoms with Crippen molar-refractivity contribution in [3.05, 3.63) is 27.1 Å². The summed E-state index contributed by atoms with van der Waals surface area (Å²) in [5.41, 5.74) is -3.04. The van der Waals surface area contributed by atoms with Crippen molar-refractivity contribution >= 4 is 12.2 Å². The van der Waals surface area contributed by atoms with Crippen LogP contribution in [0.1, 0.15) is 6.23 Å². The number of aliphatic hydroxyl groups excluding tert-OH is 2. The summed E-state index contributed by atoms with van der Waals surface area (Å²) >= 11 is 4.89. The maximum Gasteiger partial charge on any atom is 0.287 e. The van der Waals surface area contributed by atoms with Gasteiger partial charge < -0.3 is 20.1 Å². The molecule has 0 radical (unpaired) electrons. The van der Waals surface area contributed by atoms with Crippen molar-refractivity contribution < 1.29 is 24.4 Å². The van der Waals surface area contributed by atoms with Crippen molar-refractivity contribution in [3.8, 4) is 12.3 Å². The fourth-order valence-corrected chi connectivity index (χ4v) is 2.59. The number of nitrogens with zero attached hydrogens (tertiary/aromatic N) is 1. The van der Waals surface area contributed by atoms with Gasteiger partial charge in [0.1, 0.15) is 0 Å². The zero-order chi connectivity index (χ0) is 15.8. The quantitative estimate of drug-likeness (QED) is 0.417. The van der Waals surface area contributed by atoms with Crippen LogP contribution in [0.4, 0.5) is 4.39 Å². The Morgan fingerprint density at radius 3 is 2.76 bits per heavy atom. The smallest absolute Gasteiger partial charge is 0.287 e. The van der Waals surface area contributed by atoms with Crippen molar-refractivity contribution in [1.29, 1.82) is 0 Å². The summed E-state index contributed by atoms with van der Waals surface area (Å²) < 4.78 is 19.6. The highest BCUT2D eigenvalue weighted by Crippen LogP contribution is 2.42. The number of hydrogen-bond acceptors (Lipinski definition) is 6. The first kappa shape index (κ1) is 15.8. The van der Waals surface area contributed by atoms with Crippen molar-refractivity contribution in [1.82, 2.24) is 9.55 Å². The zero-order valence-corrected chi connectivity index (χ0v) is 11.5. The first-order valence-corrected chi connectivity index (χ1v) is 6.38. The normalized spacial score (nSPS) is 32.0. The third kappa shape index (κ3) is 2.41. The van der Waals surface area contributed by atoms with Crippen LogP contribution in [0.3, 0.4) is 0 Å². The fraction of sp³-hybridized carbons (Fsp3) is 0.500. The van der Waals surface area contributed by atoms with Crippen LogP contribution in [0.25, 0.3) is 0 Å². The van der Waals surface area contributed by atoms with Gasteiger partial charge in [0.25, 0.3) is 5.56 Å². The van der Waals surface area contributed by atoms with Gasteiger partial charge in [0.2, 0.25) is 5.82 Å². The van der Waals surface area contributed by atoms with Gasteiger partial charge in [0, 0.05) is 0 Å². The SMILES string of the molecule is C#CC1(O)C(CO)[C@@H](CO)O[C@H]1n1cc(F)c(=O)[nH]c1=S. The first-order chi connectivity index (χ1) is 9.88. The predicted molar refractivity (Wildman–Crippen MR) is 71.2 cm³/mol. The Morgan fingerprint density at radius 2 is 2.24 bits per heavy atom. The molecule has 0 amide bonds. The Kier molecular flexibility index (Phi) is 4.27. The van der Waals surface area contributed by atoms with Gasteiger partial charge in [-0.15, -0.1) is 6.42 Å². The lowest BCUT2D eigenvalue weighted by atomic mass is 9.86. The molecule has 1 aliphatic heterocycles. The predicted octanol–water partition coefficient (Wildman–Crippen LogP) is -1.09. The molecule has 1 saturated heterocycles. The van der Waals surface area contributed by atoms with Crippen LogP contribution in [-0.4, -0.2) is 49.8 Å². The number of aromatic nitrogens is 2. The number of H-pyrrole nitrogens is 1. The summed E-state index contributed by atoms with van der Waals surface area (Å²) in [7, 11) is 0. The molecule has 2 heterocycles. The Balaban J connectivity index is 2.58. The molecule has 1 aromatic heterocycles. The van der Waals surface area contributed by atoms with Crippen molar-refractivity contribution in [3.63, 3.8) is 0 Å². The molecule has 0 saturated carbocycles. The molecule has 1 aliphatic rings. The third-order valence-corrected chi connectivity index (χ3v) is 3.79. The van der Waals surface area contributed by atoms with E-state index in [2.05, 4.69) is 10.9 Å². The van der Waals surface area contributed by atoms with Crippen LogP contribution < -0.4 is 5.56 Å². The van der Waals surface area contributed by atoms with E-state index in [1.54, 1.807) is 0 Å². The molecule has 4 atom stereocenters. The maximum absolute atomic E-state index is 13.4. The summed E-state index contributed by atoms with van der Waals surface area (Å²) in [4.78, 5) is 13.2. The molecule has 0 spiro atoms. The van der Waals surface area contributed by atoms with Crippen LogP contribution in [0.15, 0.2) is 11.0 Å². The number of rotatable bonds is 3. The fourth-order valence-electron chi connectivity index (χ4n) is 2.35. The minimum atomic E-state index is -2.02. The lowest BCUT2D eigenvalue weighted by Crippen LogP contribution is -2.44. The number of halogens is 1. The molecule has 1 fully saturated rings. The number of aromatic amines is 1. The minimum Gasteiger partial charge on any atom is -0.396 e. The molecule has 7 nitrogen and oxygen atoms in total. The zero-order valence-electron chi connectivity index (χ0n) is 10.7. The summed E-state index contributed by atoms with van der Waals surface area (Å²) in [6.07, 6.45) is 3.75. The van der Waals surface area contributed by atoms with Gasteiger partial charge in [0.15, 0.2) is 16.6 Å². The van der Waals surface area contributed by atoms with Crippen LogP contribution >= 0.6 is 12.2 Å². The standard InChI is InChI=1S/C12H13FN2O5S/c1-2-12(19)6(4-16)8(5-17)20-10(12)15-3-7(13)9(18)14-11(15)21/h1,3,6,8,10,16-17,19H,4-5H2,(H,14,18,21)/t6?,8-,10-,12?/m1/s1. The summed E-state index contributed by atoms with van der Waals surface area (Å²) in [5.74, 6) is -0.0373. The van der Waals surface area contributed by atoms with Crippen molar-refractivity contribution in [2.45, 2.75) is 17.9 Å². The van der Waals surface area contributed by atoms with Crippen molar-refractivity contribution in [2.24, 2.45) is 5.92 Å². The first-order valence-electron chi connectivity index (χ1n) is 5.97. The highest BCUT2D eigenvalue weighted by atomic mass is 32.1. The molecule has 9 heteroatoms. The van der Waals surface area contributed by atoms with Gasteiger partial charge in [-0.25, -0.2) is 0 Å². The largest absolute Gasteiger partial charge is 0.396 e. The summed E-state index contributed by atoms with van der Waals surface area (Å²) in [6.45, 7) is -1.06. The molecule has 2 rings (SSSR count). The number of nitrogens with one attached hydrogen (secondary N) is 1. The molecule has 0 aliphatic carbocycles. The van der Waals surface area contributed by atoms with Crippen LogP contribution in [0, 0.1) is 28.8 Å². The molecule has 0 bridgehead atoms. The molecule has 114 valence electrons. The van der Waals surface area contributed by atoms with Gasteiger partial charge >= 0.3 is 0 Å². The number of ether oxygens (including phenoxy) is 1. The highest BCUT2D eigenvalue weighted by molar-refractivity contribution is 7.71. The van der Waals surface area contributed by atoms with E-state index in [-0.39, 0.29) is 4.77 Å². The molecule has 0 aromatic carbocycles. The average molecular weight is 316 g/mol. The molecule has 2 unspecified atom stereocenters. The van der Waals surface area contributed by atoms with Gasteiger partial charge in [0.05, 0.1) is 31.4 Å². The molecular formula is C12H13FN2O5S. The lowest BCUT2D eigenvalue weighted by Gasteiger charge is -2.28. The summed E-state index contributed by atoms with van der Waals surface area (Å²) in [6, 6.07) is 0. The minimum absolute atomic E-state index is 0.213. The lowest BCUT2D eigenvalue weighted by molar-refractivity contribution is -0.0745. The monoisotopic (exact) mass is 316 g/mol. The second-order valence-corrected chi connectivity index (χ2v) is 5.00. The van der Waals surface area contributed by atoms with Crippen LogP contribution in [0.5, 0.6) is 0 Å². The molecule has 1 aromatic rings. The second-order valence-electron chi connectivity index (χ2n) is 4.61. The average Bonchev–Trinajstić information content (AvgIpc) is 2.75. The van der Waals surface area contributed by atoms with Gasteiger partial charge in [-0.3, -0.25) is 14.3 Å². The van der Waals surface area contributed by atoms with E-state index in [0.717, 1.165) is 10.8 Å². The van der Waals surface area contributed by atoms with Gasteiger partial charge in [-0.2, -0.15) is 4.39 Å². The second kappa shape index (κ2) is 5.67. The summed E-state index contributed by atoms with van der Waals surface area (Å²) in [5, 5.41) is 29.1. The molecule has 21 heavy (non-hydrogen) atoms. The van der Waals surface area contributed by atoms with E-state index in [1.165, 1.54) is 0 Å². The third-order valence-electron chi connectivity index (χ3n) is 3.48.